The van der Waals surface area contributed by atoms with Gasteiger partial charge in [-0.1, -0.05) is 22.0 Å². The van der Waals surface area contributed by atoms with Gasteiger partial charge in [-0.3, -0.25) is 0 Å². The zero-order chi connectivity index (χ0) is 14.4. The zero-order valence-corrected chi connectivity index (χ0v) is 15.3. The minimum atomic E-state index is 0.297. The van der Waals surface area contributed by atoms with Gasteiger partial charge < -0.3 is 0 Å². The summed E-state index contributed by atoms with van der Waals surface area (Å²) < 4.78 is 2.79. The van der Waals surface area contributed by atoms with Gasteiger partial charge in [0, 0.05) is 14.3 Å². The standard InChI is InChI=1S/C17H17BrS2/c1-9-7-10(2)12(4)16(11(9)3)17(18)15-8-14-13(20-15)5-6-19-14/h5-8,17H,1-4H3. The first kappa shape index (κ1) is 14.3. The van der Waals surface area contributed by atoms with Crippen LogP contribution in [0.25, 0.3) is 9.40 Å². The molecule has 0 spiro atoms. The van der Waals surface area contributed by atoms with Crippen LogP contribution in [0.5, 0.6) is 0 Å². The molecule has 0 saturated heterocycles. The van der Waals surface area contributed by atoms with Crippen molar-refractivity contribution in [2.24, 2.45) is 0 Å². The fourth-order valence-electron chi connectivity index (χ4n) is 2.68. The van der Waals surface area contributed by atoms with Crippen molar-refractivity contribution in [3.63, 3.8) is 0 Å². The Hall–Kier alpha value is -0.640. The van der Waals surface area contributed by atoms with Crippen LogP contribution in [-0.4, -0.2) is 0 Å². The van der Waals surface area contributed by atoms with Gasteiger partial charge in [-0.25, -0.2) is 0 Å². The van der Waals surface area contributed by atoms with Crippen LogP contribution < -0.4 is 0 Å². The summed E-state index contributed by atoms with van der Waals surface area (Å²) in [7, 11) is 0. The molecule has 104 valence electrons. The molecule has 0 aliphatic carbocycles. The number of alkyl halides is 1. The van der Waals surface area contributed by atoms with Crippen molar-refractivity contribution in [3.8, 4) is 0 Å². The fourth-order valence-corrected chi connectivity index (χ4v) is 5.89. The van der Waals surface area contributed by atoms with Crippen LogP contribution in [0.4, 0.5) is 0 Å². The molecule has 0 aliphatic rings. The largest absolute Gasteiger partial charge is 0.143 e. The second kappa shape index (κ2) is 5.28. The Bertz CT molecular complexity index is 725. The summed E-state index contributed by atoms with van der Waals surface area (Å²) in [5.74, 6) is 0. The van der Waals surface area contributed by atoms with E-state index in [9.17, 15) is 0 Å². The predicted octanol–water partition coefficient (Wildman–Crippen LogP) is 6.68. The molecule has 0 nitrogen and oxygen atoms in total. The van der Waals surface area contributed by atoms with Crippen molar-refractivity contribution in [3.05, 3.63) is 56.3 Å². The quantitative estimate of drug-likeness (QED) is 0.444. The van der Waals surface area contributed by atoms with Crippen LogP contribution in [-0.2, 0) is 0 Å². The maximum absolute atomic E-state index is 3.94. The number of thiophene rings is 2. The molecule has 2 heterocycles. The molecule has 3 rings (SSSR count). The molecule has 0 radical (unpaired) electrons. The van der Waals surface area contributed by atoms with Crippen molar-refractivity contribution in [2.75, 3.05) is 0 Å². The molecule has 0 N–H and O–H groups in total. The van der Waals surface area contributed by atoms with Crippen molar-refractivity contribution in [1.82, 2.24) is 0 Å². The molecule has 2 aromatic heterocycles. The van der Waals surface area contributed by atoms with Crippen molar-refractivity contribution < 1.29 is 0 Å². The van der Waals surface area contributed by atoms with E-state index in [4.69, 9.17) is 0 Å². The lowest BCUT2D eigenvalue weighted by Gasteiger charge is -2.19. The van der Waals surface area contributed by atoms with Crippen LogP contribution in [0.15, 0.2) is 23.6 Å². The number of benzene rings is 1. The second-order valence-electron chi connectivity index (χ2n) is 5.33. The van der Waals surface area contributed by atoms with Gasteiger partial charge >= 0.3 is 0 Å². The zero-order valence-electron chi connectivity index (χ0n) is 12.1. The molecule has 0 fully saturated rings. The Morgan fingerprint density at radius 1 is 0.950 bits per heavy atom. The highest BCUT2D eigenvalue weighted by Crippen LogP contribution is 2.43. The Balaban J connectivity index is 2.15. The maximum Gasteiger partial charge on any atom is 0.0744 e. The molecule has 20 heavy (non-hydrogen) atoms. The predicted molar refractivity (Wildman–Crippen MR) is 95.9 cm³/mol. The number of hydrogen-bond donors (Lipinski definition) is 0. The topological polar surface area (TPSA) is 0 Å². The molecule has 3 heteroatoms. The lowest BCUT2D eigenvalue weighted by Crippen LogP contribution is -2.02. The molecule has 1 unspecified atom stereocenters. The SMILES string of the molecule is Cc1cc(C)c(C)c(C(Br)c2cc3sccc3s2)c1C. The van der Waals surface area contributed by atoms with E-state index in [-0.39, 0.29) is 0 Å². The smallest absolute Gasteiger partial charge is 0.0744 e. The first-order chi connectivity index (χ1) is 9.49. The first-order valence-electron chi connectivity index (χ1n) is 6.67. The summed E-state index contributed by atoms with van der Waals surface area (Å²) in [5, 5.41) is 2.17. The Labute approximate surface area is 136 Å². The minimum Gasteiger partial charge on any atom is -0.143 e. The third kappa shape index (κ3) is 2.26. The third-order valence-corrected chi connectivity index (χ3v) is 7.50. The summed E-state index contributed by atoms with van der Waals surface area (Å²) in [5.41, 5.74) is 7.02. The number of aryl methyl sites for hydroxylation is 2. The third-order valence-electron chi connectivity index (χ3n) is 4.09. The molecule has 3 aromatic rings. The summed E-state index contributed by atoms with van der Waals surface area (Å²) in [6, 6.07) is 6.84. The van der Waals surface area contributed by atoms with Crippen molar-refractivity contribution in [1.29, 1.82) is 0 Å². The van der Waals surface area contributed by atoms with Crippen LogP contribution in [0.3, 0.4) is 0 Å². The average molecular weight is 365 g/mol. The van der Waals surface area contributed by atoms with Crippen molar-refractivity contribution >= 4 is 48.0 Å². The molecule has 1 aromatic carbocycles. The number of halogens is 1. The normalized spacial score (nSPS) is 13.1. The Kier molecular flexibility index (Phi) is 3.78. The van der Waals surface area contributed by atoms with Gasteiger partial charge in [0.05, 0.1) is 4.83 Å². The highest BCUT2D eigenvalue weighted by Gasteiger charge is 2.20. The molecule has 1 atom stereocenters. The van der Waals surface area contributed by atoms with E-state index in [0.29, 0.717) is 4.83 Å². The van der Waals surface area contributed by atoms with Crippen LogP contribution in [0.2, 0.25) is 0 Å². The molecule has 0 saturated carbocycles. The van der Waals surface area contributed by atoms with Crippen LogP contribution >= 0.6 is 38.6 Å². The first-order valence-corrected chi connectivity index (χ1v) is 9.28. The Morgan fingerprint density at radius 3 is 2.20 bits per heavy atom. The fraction of sp³-hybridized carbons (Fsp3) is 0.294. The number of fused-ring (bicyclic) bond motifs is 1. The van der Waals surface area contributed by atoms with Gasteiger partial charge in [0.2, 0.25) is 0 Å². The number of hydrogen-bond acceptors (Lipinski definition) is 2. The van der Waals surface area contributed by atoms with Gasteiger partial charge in [0.15, 0.2) is 0 Å². The average Bonchev–Trinajstić information content (AvgIpc) is 2.97. The van der Waals surface area contributed by atoms with E-state index >= 15 is 0 Å². The second-order valence-corrected chi connectivity index (χ2v) is 8.31. The molecule has 0 bridgehead atoms. The number of rotatable bonds is 2. The van der Waals surface area contributed by atoms with Crippen LogP contribution in [0, 0.1) is 27.7 Å². The van der Waals surface area contributed by atoms with Crippen molar-refractivity contribution in [2.45, 2.75) is 32.5 Å². The van der Waals surface area contributed by atoms with E-state index in [1.54, 1.807) is 0 Å². The van der Waals surface area contributed by atoms with Gasteiger partial charge in [-0.2, -0.15) is 0 Å². The molecule has 0 aliphatic heterocycles. The summed E-state index contributed by atoms with van der Waals surface area (Å²) in [4.78, 5) is 1.70. The lowest BCUT2D eigenvalue weighted by molar-refractivity contribution is 1.10. The van der Waals surface area contributed by atoms with E-state index in [1.165, 1.54) is 42.1 Å². The minimum absolute atomic E-state index is 0.297. The van der Waals surface area contributed by atoms with Gasteiger partial charge in [0.25, 0.3) is 0 Å². The highest BCUT2D eigenvalue weighted by molar-refractivity contribution is 9.09. The summed E-state index contributed by atoms with van der Waals surface area (Å²) >= 11 is 7.67. The van der Waals surface area contributed by atoms with Gasteiger partial charge in [-0.05, 0) is 73.0 Å². The van der Waals surface area contributed by atoms with Crippen LogP contribution in [0.1, 0.15) is 37.5 Å². The summed E-state index contributed by atoms with van der Waals surface area (Å²) in [6.45, 7) is 8.89. The van der Waals surface area contributed by atoms with E-state index in [1.807, 2.05) is 22.7 Å². The maximum atomic E-state index is 3.94. The van der Waals surface area contributed by atoms with E-state index in [2.05, 4.69) is 67.2 Å². The molecular formula is C17H17BrS2. The van der Waals surface area contributed by atoms with E-state index in [0.717, 1.165) is 0 Å². The highest BCUT2D eigenvalue weighted by atomic mass is 79.9. The van der Waals surface area contributed by atoms with E-state index < -0.39 is 0 Å². The monoisotopic (exact) mass is 364 g/mol. The molecular weight excluding hydrogens is 348 g/mol. The lowest BCUT2D eigenvalue weighted by atomic mass is 9.92. The molecule has 0 amide bonds. The Morgan fingerprint density at radius 2 is 1.60 bits per heavy atom. The van der Waals surface area contributed by atoms with Gasteiger partial charge in [-0.15, -0.1) is 22.7 Å². The van der Waals surface area contributed by atoms with Gasteiger partial charge in [0.1, 0.15) is 0 Å². The summed E-state index contributed by atoms with van der Waals surface area (Å²) in [6.07, 6.45) is 0.